The third-order valence-corrected chi connectivity index (χ3v) is 6.19. The van der Waals surface area contributed by atoms with Crippen molar-refractivity contribution in [3.05, 3.63) is 35.7 Å². The number of esters is 3. The maximum atomic E-state index is 12.0. The smallest absolute Gasteiger partial charge is 0.320 e. The lowest BCUT2D eigenvalue weighted by Crippen LogP contribution is -2.40. The van der Waals surface area contributed by atoms with Crippen LogP contribution < -0.4 is 4.74 Å². The van der Waals surface area contributed by atoms with E-state index in [1.54, 1.807) is 4.68 Å². The van der Waals surface area contributed by atoms with Crippen LogP contribution in [0.25, 0.3) is 22.2 Å². The topological polar surface area (TPSA) is 172 Å². The minimum Gasteiger partial charge on any atom is -0.463 e. The number of carbonyl (C=O) groups is 3. The number of hydrogen-bond acceptors (Lipinski definition) is 13. The molecule has 0 aliphatic carbocycles. The first-order valence-electron chi connectivity index (χ1n) is 12.2. The number of hydrogen-bond donors (Lipinski definition) is 0. The van der Waals surface area contributed by atoms with Gasteiger partial charge in [-0.3, -0.25) is 19.0 Å². The average molecular weight is 574 g/mol. The first-order valence-corrected chi connectivity index (χ1v) is 12.5. The summed E-state index contributed by atoms with van der Waals surface area (Å²) in [5, 5.41) is 8.25. The summed E-state index contributed by atoms with van der Waals surface area (Å²) in [5.41, 5.74) is 2.04. The van der Waals surface area contributed by atoms with Crippen LogP contribution in [0, 0.1) is 0 Å². The highest BCUT2D eigenvalue weighted by Crippen LogP contribution is 2.36. The molecule has 16 heteroatoms. The number of nitrogens with zero attached hydrogens (tertiary/aromatic N) is 7. The average Bonchev–Trinajstić information content (AvgIpc) is 3.59. The zero-order valence-electron chi connectivity index (χ0n) is 21.6. The third-order valence-electron chi connectivity index (χ3n) is 5.93. The molecule has 1 aliphatic rings. The minimum absolute atomic E-state index is 0.0139. The van der Waals surface area contributed by atoms with Crippen molar-refractivity contribution < 1.29 is 38.1 Å². The van der Waals surface area contributed by atoms with Gasteiger partial charge in [0.15, 0.2) is 29.2 Å². The second kappa shape index (κ2) is 11.4. The van der Waals surface area contributed by atoms with E-state index in [-0.39, 0.29) is 35.5 Å². The van der Waals surface area contributed by atoms with Crippen LogP contribution in [0.3, 0.4) is 0 Å². The van der Waals surface area contributed by atoms with Crippen LogP contribution in [-0.4, -0.2) is 83.9 Å². The predicted molar refractivity (Wildman–Crippen MR) is 135 cm³/mol. The Hall–Kier alpha value is -4.37. The molecule has 0 spiro atoms. The molecule has 4 aromatic rings. The molecule has 15 nitrogen and oxygen atoms in total. The van der Waals surface area contributed by atoms with Gasteiger partial charge in [-0.2, -0.15) is 9.97 Å². The van der Waals surface area contributed by atoms with Crippen LogP contribution in [0.1, 0.15) is 27.0 Å². The standard InChI is InChI=1S/C24H24ClN7O8/c1-12(33)37-10-17-19(38-13(2)34)20(39-14(3)35)23(40-17)31-11-26-18-21(25)27-24(28-22(18)31)36-9-8-32-16-7-5-4-6-15(16)29-30-32/h4-7,11,17,19-20,23H,8-10H2,1-3H3/t17-,19-,20-,23-/m1/s1. The highest BCUT2D eigenvalue weighted by atomic mass is 35.5. The van der Waals surface area contributed by atoms with Gasteiger partial charge in [0.2, 0.25) is 0 Å². The quantitative estimate of drug-likeness (QED) is 0.161. The van der Waals surface area contributed by atoms with Gasteiger partial charge in [0.05, 0.1) is 18.4 Å². The number of ether oxygens (including phenoxy) is 5. The number of imidazole rings is 1. The fourth-order valence-electron chi connectivity index (χ4n) is 4.34. The highest BCUT2D eigenvalue weighted by molar-refractivity contribution is 6.33. The summed E-state index contributed by atoms with van der Waals surface area (Å²) in [6.45, 7) is 3.89. The van der Waals surface area contributed by atoms with Gasteiger partial charge in [-0.1, -0.05) is 28.9 Å². The van der Waals surface area contributed by atoms with Crippen LogP contribution >= 0.6 is 11.6 Å². The molecule has 4 atom stereocenters. The Morgan fingerprint density at radius 1 is 1.02 bits per heavy atom. The number of rotatable bonds is 9. The molecule has 1 aliphatic heterocycles. The number of aromatic nitrogens is 7. The van der Waals surface area contributed by atoms with Crippen LogP contribution in [0.5, 0.6) is 6.01 Å². The van der Waals surface area contributed by atoms with Gasteiger partial charge in [0, 0.05) is 20.8 Å². The van der Waals surface area contributed by atoms with Crippen LogP contribution in [0.2, 0.25) is 5.15 Å². The van der Waals surface area contributed by atoms with Crippen molar-refractivity contribution in [2.75, 3.05) is 13.2 Å². The van der Waals surface area contributed by atoms with Crippen molar-refractivity contribution in [1.82, 2.24) is 34.5 Å². The Bertz CT molecular complexity index is 1570. The second-order valence-electron chi connectivity index (χ2n) is 8.79. The molecule has 0 saturated carbocycles. The first kappa shape index (κ1) is 27.2. The van der Waals surface area contributed by atoms with Crippen molar-refractivity contribution >= 4 is 51.7 Å². The molecule has 1 aromatic carbocycles. The number of fused-ring (bicyclic) bond motifs is 2. The minimum atomic E-state index is -1.13. The molecule has 1 saturated heterocycles. The molecule has 210 valence electrons. The zero-order valence-corrected chi connectivity index (χ0v) is 22.3. The molecule has 4 heterocycles. The fourth-order valence-corrected chi connectivity index (χ4v) is 4.54. The SMILES string of the molecule is CC(=O)OC[C@H]1O[C@@H](n2cnc3c(Cl)nc(OCCn4nnc5ccccc54)nc32)[C@H](OC(C)=O)[C@@H]1OC(C)=O. The van der Waals surface area contributed by atoms with Gasteiger partial charge in [0.25, 0.3) is 0 Å². The summed E-state index contributed by atoms with van der Waals surface area (Å²) in [6, 6.07) is 7.47. The lowest BCUT2D eigenvalue weighted by atomic mass is 10.1. The largest absolute Gasteiger partial charge is 0.463 e. The molecule has 0 unspecified atom stereocenters. The van der Waals surface area contributed by atoms with Crippen molar-refractivity contribution in [1.29, 1.82) is 0 Å². The van der Waals surface area contributed by atoms with E-state index >= 15 is 0 Å². The maximum Gasteiger partial charge on any atom is 0.320 e. The Balaban J connectivity index is 1.42. The van der Waals surface area contributed by atoms with E-state index in [1.165, 1.54) is 31.7 Å². The molecular weight excluding hydrogens is 550 g/mol. The molecule has 40 heavy (non-hydrogen) atoms. The molecule has 0 N–H and O–H groups in total. The van der Waals surface area contributed by atoms with E-state index in [4.69, 9.17) is 35.3 Å². The molecule has 5 rings (SSSR count). The molecule has 0 radical (unpaired) electrons. The van der Waals surface area contributed by atoms with Crippen molar-refractivity contribution in [2.24, 2.45) is 0 Å². The van der Waals surface area contributed by atoms with E-state index in [9.17, 15) is 14.4 Å². The Morgan fingerprint density at radius 2 is 1.77 bits per heavy atom. The van der Waals surface area contributed by atoms with Crippen molar-refractivity contribution in [3.63, 3.8) is 0 Å². The molecule has 3 aromatic heterocycles. The predicted octanol–water partition coefficient (Wildman–Crippen LogP) is 1.63. The lowest BCUT2D eigenvalue weighted by molar-refractivity contribution is -0.166. The van der Waals surface area contributed by atoms with Gasteiger partial charge in [-0.05, 0) is 12.1 Å². The number of benzene rings is 1. The fraction of sp³-hybridized carbons (Fsp3) is 0.417. The van der Waals surface area contributed by atoms with E-state index in [0.29, 0.717) is 6.54 Å². The normalized spacial score (nSPS) is 20.5. The van der Waals surface area contributed by atoms with Crippen LogP contribution in [0.4, 0.5) is 0 Å². The van der Waals surface area contributed by atoms with Gasteiger partial charge in [0.1, 0.15) is 30.4 Å². The van der Waals surface area contributed by atoms with Gasteiger partial charge in [-0.15, -0.1) is 5.10 Å². The lowest BCUT2D eigenvalue weighted by Gasteiger charge is -2.23. The Morgan fingerprint density at radius 3 is 2.52 bits per heavy atom. The van der Waals surface area contributed by atoms with E-state index in [1.807, 2.05) is 24.3 Å². The maximum absolute atomic E-state index is 12.0. The van der Waals surface area contributed by atoms with Crippen LogP contribution in [-0.2, 0) is 39.9 Å². The molecule has 0 amide bonds. The Labute approximate surface area is 231 Å². The number of halogens is 1. The van der Waals surface area contributed by atoms with Crippen LogP contribution in [0.15, 0.2) is 30.6 Å². The van der Waals surface area contributed by atoms with Crippen molar-refractivity contribution in [3.8, 4) is 6.01 Å². The zero-order chi connectivity index (χ0) is 28.4. The molecule has 1 fully saturated rings. The van der Waals surface area contributed by atoms with Gasteiger partial charge < -0.3 is 23.7 Å². The summed E-state index contributed by atoms with van der Waals surface area (Å²) >= 11 is 6.38. The van der Waals surface area contributed by atoms with Gasteiger partial charge >= 0.3 is 23.9 Å². The number of para-hydroxylation sites is 1. The molecular formula is C24H24ClN7O8. The highest BCUT2D eigenvalue weighted by Gasteiger charge is 2.51. The summed E-state index contributed by atoms with van der Waals surface area (Å²) in [6.07, 6.45) is -2.87. The van der Waals surface area contributed by atoms with E-state index in [0.717, 1.165) is 11.0 Å². The third kappa shape index (κ3) is 5.65. The van der Waals surface area contributed by atoms with Crippen molar-refractivity contribution in [2.45, 2.75) is 51.9 Å². The Kier molecular flexibility index (Phi) is 7.75. The second-order valence-corrected chi connectivity index (χ2v) is 9.14. The van der Waals surface area contributed by atoms with E-state index in [2.05, 4.69) is 25.3 Å². The summed E-state index contributed by atoms with van der Waals surface area (Å²) in [7, 11) is 0. The van der Waals surface area contributed by atoms with E-state index < -0.39 is 42.4 Å². The summed E-state index contributed by atoms with van der Waals surface area (Å²) < 4.78 is 31.0. The summed E-state index contributed by atoms with van der Waals surface area (Å²) in [4.78, 5) is 48.2. The first-order chi connectivity index (χ1) is 19.2. The number of carbonyl (C=O) groups excluding carboxylic acids is 3. The summed E-state index contributed by atoms with van der Waals surface area (Å²) in [5.74, 6) is -1.85. The monoisotopic (exact) mass is 573 g/mol. The molecule has 0 bridgehead atoms. The van der Waals surface area contributed by atoms with Gasteiger partial charge in [-0.25, -0.2) is 9.67 Å².